The highest BCUT2D eigenvalue weighted by Crippen LogP contribution is 2.21. The second-order valence-corrected chi connectivity index (χ2v) is 8.05. The van der Waals surface area contributed by atoms with E-state index in [1.54, 1.807) is 20.8 Å². The highest BCUT2D eigenvalue weighted by molar-refractivity contribution is 5.90. The second kappa shape index (κ2) is 11.4. The third-order valence-corrected chi connectivity index (χ3v) is 4.23. The van der Waals surface area contributed by atoms with Gasteiger partial charge in [-0.1, -0.05) is 43.7 Å². The molecular formula is C22H35N3O4. The molecule has 1 rings (SSSR count). The van der Waals surface area contributed by atoms with Crippen molar-refractivity contribution in [1.29, 1.82) is 0 Å². The number of benzene rings is 1. The summed E-state index contributed by atoms with van der Waals surface area (Å²) in [5, 5.41) is 5.48. The first kappa shape index (κ1) is 24.5. The fourth-order valence-electron chi connectivity index (χ4n) is 3.00. The van der Waals surface area contributed by atoms with Crippen molar-refractivity contribution in [2.75, 3.05) is 13.1 Å². The first-order chi connectivity index (χ1) is 13.6. The van der Waals surface area contributed by atoms with Gasteiger partial charge in [0.1, 0.15) is 18.2 Å². The Morgan fingerprint density at radius 1 is 1.10 bits per heavy atom. The van der Waals surface area contributed by atoms with Gasteiger partial charge in [0.15, 0.2) is 0 Å². The minimum atomic E-state index is -0.770. The number of hydrogen-bond acceptors (Lipinski definition) is 4. The standard InChI is InChI=1S/C22H35N3O4/c1-7-12-16(3)24-20(27)19(17-13-10-9-11-14-17)25(8-2)18(26)15-23-21(28)29-22(4,5)6/h9-11,13-14,16,19H,7-8,12,15H2,1-6H3,(H,23,28)(H,24,27). The maximum absolute atomic E-state index is 13.0. The van der Waals surface area contributed by atoms with Gasteiger partial charge in [0.25, 0.3) is 0 Å². The van der Waals surface area contributed by atoms with Gasteiger partial charge in [-0.25, -0.2) is 4.79 Å². The maximum Gasteiger partial charge on any atom is 0.408 e. The minimum absolute atomic E-state index is 0.00686. The zero-order chi connectivity index (χ0) is 22.0. The molecule has 1 aromatic carbocycles. The van der Waals surface area contributed by atoms with Gasteiger partial charge < -0.3 is 20.3 Å². The van der Waals surface area contributed by atoms with E-state index in [0.717, 1.165) is 18.4 Å². The Bertz CT molecular complexity index is 670. The molecule has 0 saturated heterocycles. The summed E-state index contributed by atoms with van der Waals surface area (Å²) in [5.74, 6) is -0.588. The molecule has 2 unspecified atom stereocenters. The summed E-state index contributed by atoms with van der Waals surface area (Å²) in [6, 6.07) is 8.42. The highest BCUT2D eigenvalue weighted by Gasteiger charge is 2.31. The fraction of sp³-hybridized carbons (Fsp3) is 0.591. The van der Waals surface area contributed by atoms with Crippen molar-refractivity contribution >= 4 is 17.9 Å². The Kier molecular flexibility index (Phi) is 9.65. The predicted octanol–water partition coefficient (Wildman–Crippen LogP) is 3.41. The van der Waals surface area contributed by atoms with Crippen molar-refractivity contribution in [2.45, 2.75) is 72.1 Å². The summed E-state index contributed by atoms with van der Waals surface area (Å²) in [7, 11) is 0. The average Bonchev–Trinajstić information content (AvgIpc) is 2.63. The Morgan fingerprint density at radius 3 is 2.24 bits per heavy atom. The van der Waals surface area contributed by atoms with Crippen LogP contribution >= 0.6 is 0 Å². The molecular weight excluding hydrogens is 370 g/mol. The summed E-state index contributed by atoms with van der Waals surface area (Å²) in [4.78, 5) is 39.2. The van der Waals surface area contributed by atoms with Crippen LogP contribution in [0.25, 0.3) is 0 Å². The normalized spacial score (nSPS) is 13.2. The first-order valence-corrected chi connectivity index (χ1v) is 10.2. The smallest absolute Gasteiger partial charge is 0.408 e. The molecule has 3 amide bonds. The van der Waals surface area contributed by atoms with Crippen molar-refractivity contribution in [3.63, 3.8) is 0 Å². The molecule has 7 heteroatoms. The molecule has 2 N–H and O–H groups in total. The van der Waals surface area contributed by atoms with Crippen LogP contribution in [-0.2, 0) is 14.3 Å². The molecule has 162 valence electrons. The predicted molar refractivity (Wildman–Crippen MR) is 113 cm³/mol. The van der Waals surface area contributed by atoms with Crippen molar-refractivity contribution < 1.29 is 19.1 Å². The van der Waals surface area contributed by atoms with Crippen LogP contribution in [0.5, 0.6) is 0 Å². The van der Waals surface area contributed by atoms with Crippen LogP contribution in [0, 0.1) is 0 Å². The van der Waals surface area contributed by atoms with Gasteiger partial charge in [-0.15, -0.1) is 0 Å². The van der Waals surface area contributed by atoms with Gasteiger partial charge in [-0.3, -0.25) is 9.59 Å². The largest absolute Gasteiger partial charge is 0.444 e. The molecule has 0 saturated carbocycles. The van der Waals surface area contributed by atoms with E-state index >= 15 is 0 Å². The van der Waals surface area contributed by atoms with Crippen LogP contribution in [0.15, 0.2) is 30.3 Å². The molecule has 0 aliphatic heterocycles. The van der Waals surface area contributed by atoms with Gasteiger partial charge in [-0.2, -0.15) is 0 Å². The lowest BCUT2D eigenvalue weighted by Gasteiger charge is -2.31. The minimum Gasteiger partial charge on any atom is -0.444 e. The Labute approximate surface area is 174 Å². The molecule has 1 aromatic rings. The summed E-state index contributed by atoms with van der Waals surface area (Å²) in [6.07, 6.45) is 1.14. The summed E-state index contributed by atoms with van der Waals surface area (Å²) >= 11 is 0. The average molecular weight is 406 g/mol. The molecule has 0 radical (unpaired) electrons. The lowest BCUT2D eigenvalue weighted by atomic mass is 10.0. The van der Waals surface area contributed by atoms with Gasteiger partial charge >= 0.3 is 6.09 Å². The van der Waals surface area contributed by atoms with Crippen LogP contribution in [0.4, 0.5) is 4.79 Å². The van der Waals surface area contributed by atoms with Crippen LogP contribution in [0.1, 0.15) is 66.0 Å². The SMILES string of the molecule is CCCC(C)NC(=O)C(c1ccccc1)N(CC)C(=O)CNC(=O)OC(C)(C)C. The molecule has 29 heavy (non-hydrogen) atoms. The topological polar surface area (TPSA) is 87.7 Å². The second-order valence-electron chi connectivity index (χ2n) is 8.05. The summed E-state index contributed by atoms with van der Waals surface area (Å²) in [5.41, 5.74) is 0.0700. The van der Waals surface area contributed by atoms with Gasteiger partial charge in [-0.05, 0) is 46.6 Å². The number of amides is 3. The van der Waals surface area contributed by atoms with E-state index in [1.165, 1.54) is 4.90 Å². The van der Waals surface area contributed by atoms with E-state index in [-0.39, 0.29) is 24.4 Å². The number of ether oxygens (including phenoxy) is 1. The Balaban J connectivity index is 2.97. The molecule has 2 atom stereocenters. The van der Waals surface area contributed by atoms with E-state index in [1.807, 2.05) is 44.2 Å². The number of carbonyl (C=O) groups excluding carboxylic acids is 3. The fourth-order valence-corrected chi connectivity index (χ4v) is 3.00. The number of nitrogens with zero attached hydrogens (tertiary/aromatic N) is 1. The monoisotopic (exact) mass is 405 g/mol. The van der Waals surface area contributed by atoms with Gasteiger partial charge in [0.05, 0.1) is 0 Å². The number of alkyl carbamates (subject to hydrolysis) is 1. The van der Waals surface area contributed by atoms with Crippen molar-refractivity contribution in [1.82, 2.24) is 15.5 Å². The molecule has 0 fully saturated rings. The summed E-state index contributed by atoms with van der Waals surface area (Å²) in [6.45, 7) is 11.1. The first-order valence-electron chi connectivity index (χ1n) is 10.2. The zero-order valence-corrected chi connectivity index (χ0v) is 18.5. The lowest BCUT2D eigenvalue weighted by molar-refractivity contribution is -0.140. The number of hydrogen-bond donors (Lipinski definition) is 2. The Hall–Kier alpha value is -2.57. The highest BCUT2D eigenvalue weighted by atomic mass is 16.6. The molecule has 0 aliphatic carbocycles. The van der Waals surface area contributed by atoms with Crippen LogP contribution in [0.3, 0.4) is 0 Å². The van der Waals surface area contributed by atoms with E-state index in [9.17, 15) is 14.4 Å². The van der Waals surface area contributed by atoms with E-state index in [0.29, 0.717) is 6.54 Å². The summed E-state index contributed by atoms with van der Waals surface area (Å²) < 4.78 is 5.17. The third kappa shape index (κ3) is 8.54. The molecule has 7 nitrogen and oxygen atoms in total. The number of nitrogens with one attached hydrogen (secondary N) is 2. The van der Waals surface area contributed by atoms with Crippen molar-refractivity contribution in [3.8, 4) is 0 Å². The molecule has 0 spiro atoms. The maximum atomic E-state index is 13.0. The van der Waals surface area contributed by atoms with E-state index < -0.39 is 17.7 Å². The number of carbonyl (C=O) groups is 3. The molecule has 0 bridgehead atoms. The zero-order valence-electron chi connectivity index (χ0n) is 18.5. The van der Waals surface area contributed by atoms with E-state index in [4.69, 9.17) is 4.74 Å². The Morgan fingerprint density at radius 2 is 1.72 bits per heavy atom. The van der Waals surface area contributed by atoms with Gasteiger partial charge in [0, 0.05) is 12.6 Å². The van der Waals surface area contributed by atoms with Crippen molar-refractivity contribution in [3.05, 3.63) is 35.9 Å². The van der Waals surface area contributed by atoms with Gasteiger partial charge in [0.2, 0.25) is 11.8 Å². The van der Waals surface area contributed by atoms with Crippen LogP contribution < -0.4 is 10.6 Å². The number of likely N-dealkylation sites (N-methyl/N-ethyl adjacent to an activating group) is 1. The van der Waals surface area contributed by atoms with Crippen LogP contribution in [-0.4, -0.2) is 47.5 Å². The van der Waals surface area contributed by atoms with Crippen molar-refractivity contribution in [2.24, 2.45) is 0 Å². The molecule has 0 aromatic heterocycles. The molecule has 0 heterocycles. The van der Waals surface area contributed by atoms with E-state index in [2.05, 4.69) is 17.6 Å². The van der Waals surface area contributed by atoms with Crippen LogP contribution in [0.2, 0.25) is 0 Å². The lowest BCUT2D eigenvalue weighted by Crippen LogP contribution is -2.49. The quantitative estimate of drug-likeness (QED) is 0.659. The number of rotatable bonds is 9. The third-order valence-electron chi connectivity index (χ3n) is 4.23. The molecule has 0 aliphatic rings.